The average Bonchev–Trinajstić information content (AvgIpc) is 2.65. The van der Waals surface area contributed by atoms with Crippen molar-refractivity contribution in [1.82, 2.24) is 0 Å². The number of hydrogen-bond acceptors (Lipinski definition) is 2. The summed E-state index contributed by atoms with van der Waals surface area (Å²) in [6.45, 7) is 0. The van der Waals surface area contributed by atoms with Crippen LogP contribution in [0.25, 0.3) is 0 Å². The van der Waals surface area contributed by atoms with Crippen molar-refractivity contribution in [3.63, 3.8) is 0 Å². The maximum Gasteiger partial charge on any atom is 0.166 e. The van der Waals surface area contributed by atoms with Crippen LogP contribution in [0.4, 0.5) is 0 Å². The number of thiophene rings is 1. The fraction of sp³-hybridized carbons (Fsp3) is 0.545. The molecule has 1 aliphatic carbocycles. The van der Waals surface area contributed by atoms with Crippen LogP contribution in [0.2, 0.25) is 0 Å². The summed E-state index contributed by atoms with van der Waals surface area (Å²) in [5.41, 5.74) is 0.936. The van der Waals surface area contributed by atoms with Gasteiger partial charge in [-0.3, -0.25) is 4.79 Å². The number of Topliss-reactive ketones (excluding diaryl/α,β-unsaturated/α-hetero) is 1. The van der Waals surface area contributed by atoms with E-state index in [-0.39, 0.29) is 0 Å². The lowest BCUT2D eigenvalue weighted by atomic mass is 9.84. The van der Waals surface area contributed by atoms with Gasteiger partial charge in [-0.05, 0) is 41.5 Å². The van der Waals surface area contributed by atoms with Crippen molar-refractivity contribution in [2.24, 2.45) is 5.92 Å². The molecular weight excluding hydrogens is 307 g/mol. The fourth-order valence-corrected chi connectivity index (χ4v) is 3.38. The molecule has 0 unspecified atom stereocenters. The Hall–Kier alpha value is 0.1000. The molecule has 1 aromatic heterocycles. The predicted molar refractivity (Wildman–Crippen MR) is 67.9 cm³/mol. The fourth-order valence-electron chi connectivity index (χ4n) is 2.04. The molecule has 0 N–H and O–H groups in total. The normalized spacial score (nSPS) is 18.4. The van der Waals surface area contributed by atoms with Gasteiger partial charge in [-0.2, -0.15) is 0 Å². The van der Waals surface area contributed by atoms with E-state index >= 15 is 0 Å². The van der Waals surface area contributed by atoms with E-state index in [0.29, 0.717) is 11.7 Å². The molecule has 1 nitrogen and oxygen atoms in total. The smallest absolute Gasteiger partial charge is 0.166 e. The number of carbonyl (C=O) groups excluding carboxylic acids is 1. The van der Waals surface area contributed by atoms with Crippen molar-refractivity contribution in [2.75, 3.05) is 0 Å². The summed E-state index contributed by atoms with van der Waals surface area (Å²) < 4.78 is 1.21. The van der Waals surface area contributed by atoms with Gasteiger partial charge in [-0.15, -0.1) is 11.3 Å². The maximum absolute atomic E-state index is 12.0. The molecule has 14 heavy (non-hydrogen) atoms. The lowest BCUT2D eigenvalue weighted by Crippen LogP contribution is -2.17. The van der Waals surface area contributed by atoms with Crippen LogP contribution in [0, 0.1) is 8.80 Å². The zero-order valence-electron chi connectivity index (χ0n) is 7.96. The van der Waals surface area contributed by atoms with Crippen LogP contribution in [0.1, 0.15) is 42.5 Å². The Balaban J connectivity index is 2.07. The topological polar surface area (TPSA) is 17.1 Å². The molecular formula is C11H13IOS. The predicted octanol–water partition coefficient (Wildman–Crippen LogP) is 4.12. The van der Waals surface area contributed by atoms with Crippen LogP contribution < -0.4 is 0 Å². The van der Waals surface area contributed by atoms with Crippen molar-refractivity contribution in [2.45, 2.75) is 32.1 Å². The highest BCUT2D eigenvalue weighted by Crippen LogP contribution is 2.28. The Morgan fingerprint density at radius 2 is 2.07 bits per heavy atom. The second-order valence-electron chi connectivity index (χ2n) is 3.84. The van der Waals surface area contributed by atoms with E-state index in [1.54, 1.807) is 11.3 Å². The molecule has 0 bridgehead atoms. The van der Waals surface area contributed by atoms with Gasteiger partial charge < -0.3 is 0 Å². The molecule has 0 radical (unpaired) electrons. The van der Waals surface area contributed by atoms with Gasteiger partial charge in [0.1, 0.15) is 0 Å². The Labute approximate surface area is 102 Å². The summed E-state index contributed by atoms with van der Waals surface area (Å²) in [6.07, 6.45) is 5.98. The molecule has 0 atom stereocenters. The van der Waals surface area contributed by atoms with Crippen molar-refractivity contribution in [3.05, 3.63) is 19.9 Å². The van der Waals surface area contributed by atoms with Crippen molar-refractivity contribution in [3.8, 4) is 0 Å². The van der Waals surface area contributed by atoms with Gasteiger partial charge in [0.05, 0.1) is 2.88 Å². The molecule has 1 saturated carbocycles. The van der Waals surface area contributed by atoms with Crippen molar-refractivity contribution in [1.29, 1.82) is 0 Å². The van der Waals surface area contributed by atoms with E-state index in [1.807, 2.05) is 11.4 Å². The van der Waals surface area contributed by atoms with Crippen LogP contribution in [-0.2, 0) is 0 Å². The third-order valence-corrected chi connectivity index (χ3v) is 4.62. The summed E-state index contributed by atoms with van der Waals surface area (Å²) in [4.78, 5) is 12.0. The summed E-state index contributed by atoms with van der Waals surface area (Å²) in [7, 11) is 0. The lowest BCUT2D eigenvalue weighted by Gasteiger charge is -2.19. The van der Waals surface area contributed by atoms with Crippen LogP contribution in [0.3, 0.4) is 0 Å². The van der Waals surface area contributed by atoms with Crippen LogP contribution in [-0.4, -0.2) is 5.78 Å². The Bertz CT molecular complexity index is 326. The van der Waals surface area contributed by atoms with Gasteiger partial charge in [-0.25, -0.2) is 0 Å². The molecule has 0 amide bonds. The lowest BCUT2D eigenvalue weighted by molar-refractivity contribution is 0.0890. The molecule has 1 heterocycles. The Kier molecular flexibility index (Phi) is 3.60. The largest absolute Gasteiger partial charge is 0.294 e. The quantitative estimate of drug-likeness (QED) is 0.592. The van der Waals surface area contributed by atoms with E-state index in [9.17, 15) is 4.79 Å². The van der Waals surface area contributed by atoms with Crippen molar-refractivity contribution >= 4 is 39.7 Å². The second-order valence-corrected chi connectivity index (χ2v) is 6.64. The van der Waals surface area contributed by atoms with Crippen LogP contribution >= 0.6 is 33.9 Å². The zero-order valence-corrected chi connectivity index (χ0v) is 10.9. The summed E-state index contributed by atoms with van der Waals surface area (Å²) in [6, 6.07) is 2.02. The summed E-state index contributed by atoms with van der Waals surface area (Å²) >= 11 is 3.93. The SMILES string of the molecule is O=C(c1csc(I)c1)C1CCCCC1. The van der Waals surface area contributed by atoms with Gasteiger partial charge in [0.15, 0.2) is 5.78 Å². The zero-order chi connectivity index (χ0) is 9.97. The van der Waals surface area contributed by atoms with E-state index in [0.717, 1.165) is 18.4 Å². The highest BCUT2D eigenvalue weighted by atomic mass is 127. The molecule has 0 aliphatic heterocycles. The molecule has 0 aromatic carbocycles. The number of ketones is 1. The molecule has 3 heteroatoms. The van der Waals surface area contributed by atoms with E-state index < -0.39 is 0 Å². The van der Waals surface area contributed by atoms with Gasteiger partial charge in [-0.1, -0.05) is 19.3 Å². The number of rotatable bonds is 2. The first kappa shape index (κ1) is 10.6. The minimum absolute atomic E-state index is 0.314. The molecule has 1 aromatic rings. The molecule has 76 valence electrons. The van der Waals surface area contributed by atoms with Crippen LogP contribution in [0.5, 0.6) is 0 Å². The highest BCUT2D eigenvalue weighted by Gasteiger charge is 2.22. The Morgan fingerprint density at radius 1 is 1.36 bits per heavy atom. The average molecular weight is 320 g/mol. The monoisotopic (exact) mass is 320 g/mol. The van der Waals surface area contributed by atoms with E-state index in [4.69, 9.17) is 0 Å². The van der Waals surface area contributed by atoms with Gasteiger partial charge in [0.2, 0.25) is 0 Å². The Morgan fingerprint density at radius 3 is 2.64 bits per heavy atom. The van der Waals surface area contributed by atoms with Crippen molar-refractivity contribution < 1.29 is 4.79 Å². The third kappa shape index (κ3) is 2.37. The second kappa shape index (κ2) is 4.75. The van der Waals surface area contributed by atoms with Gasteiger partial charge in [0.25, 0.3) is 0 Å². The number of hydrogen-bond donors (Lipinski definition) is 0. The first-order valence-corrected chi connectivity index (χ1v) is 7.01. The molecule has 1 aliphatic rings. The molecule has 0 saturated heterocycles. The standard InChI is InChI=1S/C11H13IOS/c12-10-6-9(7-14-10)11(13)8-4-2-1-3-5-8/h6-8H,1-5H2. The molecule has 1 fully saturated rings. The van der Waals surface area contributed by atoms with Gasteiger partial charge >= 0.3 is 0 Å². The third-order valence-electron chi connectivity index (χ3n) is 2.83. The van der Waals surface area contributed by atoms with Gasteiger partial charge in [0, 0.05) is 16.9 Å². The van der Waals surface area contributed by atoms with E-state index in [1.165, 1.54) is 22.1 Å². The summed E-state index contributed by atoms with van der Waals surface area (Å²) in [5.74, 6) is 0.693. The highest BCUT2D eigenvalue weighted by molar-refractivity contribution is 14.1. The molecule has 0 spiro atoms. The molecule has 2 rings (SSSR count). The van der Waals surface area contributed by atoms with E-state index in [2.05, 4.69) is 22.6 Å². The first-order valence-electron chi connectivity index (χ1n) is 5.05. The number of carbonyl (C=O) groups is 1. The summed E-state index contributed by atoms with van der Waals surface area (Å²) in [5, 5.41) is 2.00. The minimum atomic E-state index is 0.314. The number of halogens is 1. The first-order chi connectivity index (χ1) is 6.77. The van der Waals surface area contributed by atoms with Crippen LogP contribution in [0.15, 0.2) is 11.4 Å². The maximum atomic E-state index is 12.0. The minimum Gasteiger partial charge on any atom is -0.294 e.